The Kier molecular flexibility index (Phi) is 11.0. The van der Waals surface area contributed by atoms with Crippen LogP contribution in [0, 0.1) is 27.1 Å². The Balaban J connectivity index is 5.17. The van der Waals surface area contributed by atoms with Crippen LogP contribution in [0.25, 0.3) is 0 Å². The van der Waals surface area contributed by atoms with Gasteiger partial charge < -0.3 is 10.6 Å². The molecule has 2 radical (unpaired) electrons. The summed E-state index contributed by atoms with van der Waals surface area (Å²) in [5.41, 5.74) is -0.163. The highest BCUT2D eigenvalue weighted by Crippen LogP contribution is 2.50. The van der Waals surface area contributed by atoms with Crippen molar-refractivity contribution in [2.45, 2.75) is 147 Å². The van der Waals surface area contributed by atoms with Crippen molar-refractivity contribution in [2.24, 2.45) is 27.1 Å². The highest BCUT2D eigenvalue weighted by molar-refractivity contribution is 6.19. The summed E-state index contributed by atoms with van der Waals surface area (Å²) in [4.78, 5) is 24.4. The van der Waals surface area contributed by atoms with Crippen molar-refractivity contribution in [3.8, 4) is 0 Å². The maximum Gasteiger partial charge on any atom is 0.220 e. The molecule has 0 heterocycles. The van der Waals surface area contributed by atoms with E-state index in [9.17, 15) is 9.59 Å². The topological polar surface area (TPSA) is 58.2 Å². The Bertz CT molecular complexity index is 685. The lowest BCUT2D eigenvalue weighted by atomic mass is 9.59. The van der Waals surface area contributed by atoms with E-state index in [2.05, 4.69) is 108 Å². The summed E-state index contributed by atoms with van der Waals surface area (Å²) >= 11 is 0. The van der Waals surface area contributed by atoms with Crippen LogP contribution < -0.4 is 10.6 Å². The third-order valence-corrected chi connectivity index (χ3v) is 8.88. The maximum absolute atomic E-state index is 12.6. The third kappa shape index (κ3) is 9.94. The minimum Gasteiger partial charge on any atom is -0.353 e. The molecule has 0 aliphatic rings. The van der Waals surface area contributed by atoms with Crippen LogP contribution in [-0.2, 0) is 9.59 Å². The monoisotopic (exact) mass is 476 g/mol. The van der Waals surface area contributed by atoms with Gasteiger partial charge in [-0.05, 0) is 73.4 Å². The van der Waals surface area contributed by atoms with E-state index < -0.39 is 0 Å². The summed E-state index contributed by atoms with van der Waals surface area (Å²) in [6, 6.07) is 0.0914. The first kappa shape index (κ1) is 33.0. The SMILES string of the molecule is [B]CC(=O)NC(C)(C)CC(C)(C)C(C)(C)CCCC(C)(C)C(C)(C)C(C)NC(=O)CC(C)(C)C. The van der Waals surface area contributed by atoms with Gasteiger partial charge in [0, 0.05) is 18.0 Å². The Morgan fingerprint density at radius 2 is 1.21 bits per heavy atom. The predicted octanol–water partition coefficient (Wildman–Crippen LogP) is 7.07. The molecule has 1 atom stereocenters. The van der Waals surface area contributed by atoms with Gasteiger partial charge in [0.25, 0.3) is 0 Å². The fourth-order valence-corrected chi connectivity index (χ4v) is 4.99. The van der Waals surface area contributed by atoms with Gasteiger partial charge in [0.05, 0.1) is 7.85 Å². The normalized spacial score (nSPS) is 15.1. The molecule has 5 heteroatoms. The molecule has 4 nitrogen and oxygen atoms in total. The highest BCUT2D eigenvalue weighted by atomic mass is 16.2. The lowest BCUT2D eigenvalue weighted by Crippen LogP contribution is -2.50. The quantitative estimate of drug-likeness (QED) is 0.279. The summed E-state index contributed by atoms with van der Waals surface area (Å²) in [7, 11) is 5.51. The second-order valence-corrected chi connectivity index (χ2v) is 15.1. The van der Waals surface area contributed by atoms with Gasteiger partial charge in [0.1, 0.15) is 0 Å². The van der Waals surface area contributed by atoms with Crippen LogP contribution in [0.3, 0.4) is 0 Å². The maximum atomic E-state index is 12.6. The van der Waals surface area contributed by atoms with E-state index in [0.29, 0.717) is 6.42 Å². The Morgan fingerprint density at radius 1 is 0.735 bits per heavy atom. The number of amides is 2. The molecule has 0 spiro atoms. The molecule has 0 aromatic heterocycles. The molecule has 0 aromatic rings. The Labute approximate surface area is 214 Å². The van der Waals surface area contributed by atoms with Crippen molar-refractivity contribution in [1.82, 2.24) is 10.6 Å². The minimum absolute atomic E-state index is 0.0104. The molecule has 0 aromatic carbocycles. The molecule has 34 heavy (non-hydrogen) atoms. The molecule has 0 aliphatic heterocycles. The number of carbonyl (C=O) groups is 2. The number of carbonyl (C=O) groups excluding carboxylic acids is 2. The van der Waals surface area contributed by atoms with Gasteiger partial charge in [-0.25, -0.2) is 0 Å². The molecule has 0 aliphatic carbocycles. The summed E-state index contributed by atoms with van der Waals surface area (Å²) < 4.78 is 0. The summed E-state index contributed by atoms with van der Waals surface area (Å²) in [6.07, 6.45) is 4.75. The van der Waals surface area contributed by atoms with E-state index in [4.69, 9.17) is 7.85 Å². The molecule has 0 saturated carbocycles. The first-order valence-corrected chi connectivity index (χ1v) is 13.2. The van der Waals surface area contributed by atoms with E-state index in [1.807, 2.05) is 0 Å². The molecular formula is C29H57BN2O2. The van der Waals surface area contributed by atoms with Crippen LogP contribution in [0.1, 0.15) is 129 Å². The van der Waals surface area contributed by atoms with Gasteiger partial charge in [-0.1, -0.05) is 82.6 Å². The largest absolute Gasteiger partial charge is 0.353 e. The van der Waals surface area contributed by atoms with Crippen LogP contribution in [0.4, 0.5) is 0 Å². The van der Waals surface area contributed by atoms with Crippen molar-refractivity contribution in [1.29, 1.82) is 0 Å². The van der Waals surface area contributed by atoms with E-state index in [0.717, 1.165) is 25.7 Å². The zero-order valence-corrected chi connectivity index (χ0v) is 25.2. The first-order valence-electron chi connectivity index (χ1n) is 13.2. The van der Waals surface area contributed by atoms with Crippen molar-refractivity contribution >= 4 is 19.7 Å². The minimum atomic E-state index is -0.306. The van der Waals surface area contributed by atoms with E-state index in [1.54, 1.807) is 0 Å². The average molecular weight is 477 g/mol. The predicted molar refractivity (Wildman–Crippen MR) is 148 cm³/mol. The molecule has 198 valence electrons. The summed E-state index contributed by atoms with van der Waals surface area (Å²) in [5, 5.41) is 6.36. The lowest BCUT2D eigenvalue weighted by molar-refractivity contribution is -0.125. The van der Waals surface area contributed by atoms with E-state index >= 15 is 0 Å². The van der Waals surface area contributed by atoms with Gasteiger partial charge in [-0.3, -0.25) is 9.59 Å². The Morgan fingerprint density at radius 3 is 1.65 bits per heavy atom. The second-order valence-electron chi connectivity index (χ2n) is 15.1. The van der Waals surface area contributed by atoms with Crippen molar-refractivity contribution < 1.29 is 9.59 Å². The van der Waals surface area contributed by atoms with Gasteiger partial charge >= 0.3 is 0 Å². The van der Waals surface area contributed by atoms with Crippen molar-refractivity contribution in [3.05, 3.63) is 0 Å². The number of hydrogen-bond donors (Lipinski definition) is 2. The fraction of sp³-hybridized carbons (Fsp3) is 0.931. The Hall–Kier alpha value is -0.995. The molecule has 0 rings (SSSR count). The van der Waals surface area contributed by atoms with Crippen molar-refractivity contribution in [2.75, 3.05) is 0 Å². The van der Waals surface area contributed by atoms with Crippen molar-refractivity contribution in [3.63, 3.8) is 0 Å². The number of nitrogens with one attached hydrogen (secondary N) is 2. The van der Waals surface area contributed by atoms with Crippen LogP contribution in [-0.4, -0.2) is 31.2 Å². The lowest BCUT2D eigenvalue weighted by Gasteiger charge is -2.49. The second kappa shape index (κ2) is 11.4. The van der Waals surface area contributed by atoms with E-state index in [1.165, 1.54) is 0 Å². The van der Waals surface area contributed by atoms with Crippen LogP contribution in [0.15, 0.2) is 0 Å². The highest BCUT2D eigenvalue weighted by Gasteiger charge is 2.44. The molecule has 0 bridgehead atoms. The zero-order valence-electron chi connectivity index (χ0n) is 25.2. The standard InChI is InChI=1S/C29H57BN2O2/c1-21(31-22(33)18-24(2,3)4)29(13,14)26(7,8)17-15-16-25(5,6)27(9,10)20-28(11,12)32-23(34)19-30/h21H,15-20H2,1-14H3,(H,31,33)(H,32,34). The molecule has 0 fully saturated rings. The number of hydrogen-bond acceptors (Lipinski definition) is 2. The van der Waals surface area contributed by atoms with E-state index in [-0.39, 0.29) is 56.8 Å². The van der Waals surface area contributed by atoms with Gasteiger partial charge in [0.15, 0.2) is 0 Å². The van der Waals surface area contributed by atoms with Crippen LogP contribution >= 0.6 is 0 Å². The first-order chi connectivity index (χ1) is 14.9. The molecule has 2 N–H and O–H groups in total. The smallest absolute Gasteiger partial charge is 0.220 e. The van der Waals surface area contributed by atoms with Gasteiger partial charge in [-0.2, -0.15) is 0 Å². The van der Waals surface area contributed by atoms with Crippen LogP contribution in [0.5, 0.6) is 0 Å². The fourth-order valence-electron chi connectivity index (χ4n) is 4.99. The molecule has 0 saturated heterocycles. The van der Waals surface area contributed by atoms with Gasteiger partial charge in [-0.15, -0.1) is 0 Å². The number of rotatable bonds is 13. The zero-order chi connectivity index (χ0) is 27.4. The third-order valence-electron chi connectivity index (χ3n) is 8.88. The molecular weight excluding hydrogens is 419 g/mol. The van der Waals surface area contributed by atoms with Crippen LogP contribution in [0.2, 0.25) is 6.32 Å². The van der Waals surface area contributed by atoms with Gasteiger partial charge in [0.2, 0.25) is 11.8 Å². The summed E-state index contributed by atoms with van der Waals surface area (Å²) in [6.45, 7) is 31.2. The summed E-state index contributed by atoms with van der Waals surface area (Å²) in [5.74, 6) is 0.0300. The average Bonchev–Trinajstić information content (AvgIpc) is 2.57. The molecule has 1 unspecified atom stereocenters. The molecule has 2 amide bonds.